The highest BCUT2D eigenvalue weighted by molar-refractivity contribution is 5.83. The lowest BCUT2D eigenvalue weighted by atomic mass is 10.1. The number of halogens is 1. The third-order valence-electron chi connectivity index (χ3n) is 5.15. The maximum atomic E-state index is 13.5. The van der Waals surface area contributed by atoms with Crippen molar-refractivity contribution in [3.63, 3.8) is 0 Å². The first-order chi connectivity index (χ1) is 14.1. The van der Waals surface area contributed by atoms with E-state index in [1.807, 2.05) is 11.6 Å². The largest absolute Gasteiger partial charge is 0.459 e. The highest BCUT2D eigenvalue weighted by Gasteiger charge is 2.22. The van der Waals surface area contributed by atoms with Crippen LogP contribution in [0.1, 0.15) is 29.4 Å². The highest BCUT2D eigenvalue weighted by Crippen LogP contribution is 2.25. The Labute approximate surface area is 168 Å². The summed E-state index contributed by atoms with van der Waals surface area (Å²) < 4.78 is 26.4. The van der Waals surface area contributed by atoms with Gasteiger partial charge in [-0.05, 0) is 31.5 Å². The molecule has 0 bridgehead atoms. The van der Waals surface area contributed by atoms with Crippen molar-refractivity contribution in [3.05, 3.63) is 47.0 Å². The Balaban J connectivity index is 1.38. The van der Waals surface area contributed by atoms with Crippen LogP contribution in [-0.4, -0.2) is 40.9 Å². The molecule has 0 aliphatic carbocycles. The Morgan fingerprint density at radius 1 is 1.45 bits per heavy atom. The summed E-state index contributed by atoms with van der Waals surface area (Å²) in [7, 11) is 3.37. The number of hydrogen-bond donors (Lipinski definition) is 2. The van der Waals surface area contributed by atoms with E-state index in [4.69, 9.17) is 9.15 Å². The number of nitrogens with zero attached hydrogens (tertiary/aromatic N) is 4. The summed E-state index contributed by atoms with van der Waals surface area (Å²) in [5.74, 6) is 2.88. The van der Waals surface area contributed by atoms with E-state index in [1.54, 1.807) is 20.2 Å². The molecule has 0 fully saturated rings. The van der Waals surface area contributed by atoms with Crippen LogP contribution in [0.25, 0.3) is 11.0 Å². The maximum Gasteiger partial charge on any atom is 0.191 e. The quantitative estimate of drug-likeness (QED) is 0.505. The molecule has 1 aromatic carbocycles. The number of nitrogens with one attached hydrogen (secondary N) is 2. The average molecular weight is 400 g/mol. The molecule has 0 spiro atoms. The number of furan rings is 1. The minimum absolute atomic E-state index is 0.191. The molecule has 0 saturated heterocycles. The number of aliphatic imine (C=N–C) groups is 1. The van der Waals surface area contributed by atoms with Crippen LogP contribution in [0, 0.1) is 12.7 Å². The minimum Gasteiger partial charge on any atom is -0.459 e. The van der Waals surface area contributed by atoms with Crippen LogP contribution in [0.5, 0.6) is 0 Å². The molecular formula is C20H25FN6O2. The first kappa shape index (κ1) is 19.4. The summed E-state index contributed by atoms with van der Waals surface area (Å²) in [6.07, 6.45) is 1.79. The van der Waals surface area contributed by atoms with Gasteiger partial charge in [0.05, 0.1) is 13.1 Å². The zero-order valence-corrected chi connectivity index (χ0v) is 16.8. The molecular weight excluding hydrogens is 375 g/mol. The van der Waals surface area contributed by atoms with Gasteiger partial charge in [0.2, 0.25) is 0 Å². The topological polar surface area (TPSA) is 89.5 Å². The molecule has 3 heterocycles. The number of aryl methyl sites for hydroxylation is 2. The normalized spacial score (nSPS) is 16.8. The van der Waals surface area contributed by atoms with Gasteiger partial charge in [0, 0.05) is 37.6 Å². The summed E-state index contributed by atoms with van der Waals surface area (Å²) >= 11 is 0. The van der Waals surface area contributed by atoms with Crippen molar-refractivity contribution in [3.8, 4) is 0 Å². The van der Waals surface area contributed by atoms with Crippen LogP contribution in [-0.2, 0) is 30.9 Å². The number of guanidine groups is 1. The number of benzene rings is 1. The first-order valence-electron chi connectivity index (χ1n) is 9.63. The van der Waals surface area contributed by atoms with Gasteiger partial charge in [-0.15, -0.1) is 0 Å². The molecule has 0 saturated carbocycles. The van der Waals surface area contributed by atoms with Gasteiger partial charge >= 0.3 is 0 Å². The third kappa shape index (κ3) is 4.09. The number of ether oxygens (including phenoxy) is 1. The fourth-order valence-corrected chi connectivity index (χ4v) is 3.63. The second-order valence-corrected chi connectivity index (χ2v) is 7.16. The predicted molar refractivity (Wildman–Crippen MR) is 107 cm³/mol. The summed E-state index contributed by atoms with van der Waals surface area (Å²) in [6.45, 7) is 3.53. The highest BCUT2D eigenvalue weighted by atomic mass is 19.1. The second-order valence-electron chi connectivity index (χ2n) is 7.16. The Kier molecular flexibility index (Phi) is 5.48. The van der Waals surface area contributed by atoms with Crippen LogP contribution in [0.3, 0.4) is 0 Å². The molecule has 3 aromatic rings. The zero-order valence-electron chi connectivity index (χ0n) is 16.8. The molecule has 29 heavy (non-hydrogen) atoms. The number of methoxy groups -OCH3 is 1. The van der Waals surface area contributed by atoms with Crippen molar-refractivity contribution in [2.75, 3.05) is 14.2 Å². The number of fused-ring (bicyclic) bond motifs is 2. The predicted octanol–water partition coefficient (Wildman–Crippen LogP) is 2.30. The van der Waals surface area contributed by atoms with E-state index in [9.17, 15) is 4.39 Å². The van der Waals surface area contributed by atoms with E-state index < -0.39 is 0 Å². The van der Waals surface area contributed by atoms with Gasteiger partial charge in [0.15, 0.2) is 11.8 Å². The summed E-state index contributed by atoms with van der Waals surface area (Å²) in [5.41, 5.74) is 1.61. The molecule has 154 valence electrons. The van der Waals surface area contributed by atoms with Gasteiger partial charge in [-0.2, -0.15) is 5.10 Å². The van der Waals surface area contributed by atoms with Gasteiger partial charge in [-0.25, -0.2) is 14.1 Å². The van der Waals surface area contributed by atoms with Gasteiger partial charge in [-0.3, -0.25) is 4.99 Å². The average Bonchev–Trinajstić information content (AvgIpc) is 3.25. The molecule has 1 atom stereocenters. The van der Waals surface area contributed by atoms with Crippen LogP contribution in [0.15, 0.2) is 27.6 Å². The van der Waals surface area contributed by atoms with Gasteiger partial charge in [0.1, 0.15) is 29.6 Å². The number of rotatable bonds is 5. The van der Waals surface area contributed by atoms with Gasteiger partial charge in [0.25, 0.3) is 0 Å². The van der Waals surface area contributed by atoms with Crippen LogP contribution in [0.2, 0.25) is 0 Å². The molecule has 8 nitrogen and oxygen atoms in total. The van der Waals surface area contributed by atoms with Crippen molar-refractivity contribution < 1.29 is 13.5 Å². The van der Waals surface area contributed by atoms with Crippen LogP contribution < -0.4 is 10.6 Å². The van der Waals surface area contributed by atoms with Crippen molar-refractivity contribution in [2.45, 2.75) is 45.5 Å². The van der Waals surface area contributed by atoms with Crippen molar-refractivity contribution in [2.24, 2.45) is 4.99 Å². The molecule has 1 aliphatic rings. The number of hydrogen-bond acceptors (Lipinski definition) is 5. The molecule has 1 aliphatic heterocycles. The van der Waals surface area contributed by atoms with Gasteiger partial charge < -0.3 is 19.8 Å². The maximum absolute atomic E-state index is 13.5. The fraction of sp³-hybridized carbons (Fsp3) is 0.450. The molecule has 1 unspecified atom stereocenters. The molecule has 2 aromatic heterocycles. The lowest BCUT2D eigenvalue weighted by molar-refractivity contribution is 0.177. The molecule has 9 heteroatoms. The second kappa shape index (κ2) is 8.20. The lowest BCUT2D eigenvalue weighted by Crippen LogP contribution is -2.46. The van der Waals surface area contributed by atoms with Crippen LogP contribution >= 0.6 is 0 Å². The smallest absolute Gasteiger partial charge is 0.191 e. The van der Waals surface area contributed by atoms with E-state index in [0.29, 0.717) is 30.5 Å². The molecule has 0 amide bonds. The van der Waals surface area contributed by atoms with Crippen molar-refractivity contribution in [1.82, 2.24) is 25.4 Å². The van der Waals surface area contributed by atoms with E-state index >= 15 is 0 Å². The Morgan fingerprint density at radius 2 is 2.31 bits per heavy atom. The Bertz CT molecular complexity index is 1040. The SMILES string of the molecule is CN=C(NCc1oc2ccc(F)cc2c1C)NC1CCc2nc(COC)nn2C1. The fourth-order valence-electron chi connectivity index (χ4n) is 3.63. The van der Waals surface area contributed by atoms with E-state index in [0.717, 1.165) is 41.9 Å². The third-order valence-corrected chi connectivity index (χ3v) is 5.15. The Morgan fingerprint density at radius 3 is 3.10 bits per heavy atom. The monoisotopic (exact) mass is 400 g/mol. The first-order valence-corrected chi connectivity index (χ1v) is 9.63. The number of aromatic nitrogens is 3. The zero-order chi connectivity index (χ0) is 20.4. The minimum atomic E-state index is -0.267. The lowest BCUT2D eigenvalue weighted by Gasteiger charge is -2.25. The van der Waals surface area contributed by atoms with E-state index in [2.05, 4.69) is 25.7 Å². The molecule has 0 radical (unpaired) electrons. The van der Waals surface area contributed by atoms with Crippen molar-refractivity contribution >= 4 is 16.9 Å². The Hall–Kier alpha value is -2.94. The summed E-state index contributed by atoms with van der Waals surface area (Å²) in [5, 5.41) is 12.0. The van der Waals surface area contributed by atoms with Crippen LogP contribution in [0.4, 0.5) is 4.39 Å². The summed E-state index contributed by atoms with van der Waals surface area (Å²) in [4.78, 5) is 8.81. The van der Waals surface area contributed by atoms with Crippen molar-refractivity contribution in [1.29, 1.82) is 0 Å². The standard InChI is InChI=1S/C20H25FN6O2/c1-12-15-8-13(21)4-6-16(15)29-17(12)9-23-20(22-2)24-14-5-7-19-25-18(11-28-3)26-27(19)10-14/h4,6,8,14H,5,7,9-11H2,1-3H3,(H2,22,23,24). The summed E-state index contributed by atoms with van der Waals surface area (Å²) in [6, 6.07) is 4.75. The molecule has 2 N–H and O–H groups in total. The van der Waals surface area contributed by atoms with Gasteiger partial charge in [-0.1, -0.05) is 0 Å². The molecule has 4 rings (SSSR count). The van der Waals surface area contributed by atoms with E-state index in [-0.39, 0.29) is 11.9 Å². The van der Waals surface area contributed by atoms with E-state index in [1.165, 1.54) is 12.1 Å².